The molecule has 25 nitrogen and oxygen atoms in total. The van der Waals surface area contributed by atoms with Crippen molar-refractivity contribution in [2.24, 2.45) is 5.92 Å². The minimum absolute atomic E-state index is 0.0536. The van der Waals surface area contributed by atoms with Crippen LogP contribution in [-0.4, -0.2) is 192 Å². The van der Waals surface area contributed by atoms with Crippen LogP contribution in [0.4, 0.5) is 10.5 Å². The van der Waals surface area contributed by atoms with Crippen molar-refractivity contribution >= 4 is 69.3 Å². The average molecular weight is 1110 g/mol. The van der Waals surface area contributed by atoms with Gasteiger partial charge in [0, 0.05) is 88.6 Å². The molecule has 3 aromatic rings. The number of carbonyl (C=O) groups excluding carboxylic acids is 9. The monoisotopic (exact) mass is 1110 g/mol. The largest absolute Gasteiger partial charge is 0.473 e. The normalized spacial score (nSPS) is 18.3. The summed E-state index contributed by atoms with van der Waals surface area (Å²) in [6, 6.07) is 14.2. The zero-order chi connectivity index (χ0) is 56.8. The number of aliphatic hydroxyl groups is 3. The molecule has 3 aliphatic rings. The Morgan fingerprint density at radius 2 is 1.69 bits per heavy atom. The molecule has 0 unspecified atom stereocenters. The summed E-state index contributed by atoms with van der Waals surface area (Å²) in [5, 5.41) is 36.2. The second-order valence-electron chi connectivity index (χ2n) is 18.4. The molecule has 2 aromatic carbocycles. The van der Waals surface area contributed by atoms with E-state index in [0.29, 0.717) is 31.1 Å². The highest BCUT2D eigenvalue weighted by atomic mass is 32.2. The predicted octanol–water partition coefficient (Wildman–Crippen LogP) is 0.900. The number of nitrogens with one attached hydrogen (secondary N) is 2. The first-order chi connectivity index (χ1) is 37.2. The third-order valence-corrected chi connectivity index (χ3v) is 13.4. The van der Waals surface area contributed by atoms with Crippen molar-refractivity contribution in [2.45, 2.75) is 69.7 Å². The fourth-order valence-electron chi connectivity index (χ4n) is 8.09. The first-order valence-corrected chi connectivity index (χ1v) is 26.8. The number of sulfone groups is 1. The fourth-order valence-corrected chi connectivity index (χ4v) is 8.65. The number of imide groups is 1. The summed E-state index contributed by atoms with van der Waals surface area (Å²) in [5.41, 5.74) is 1.42. The summed E-state index contributed by atoms with van der Waals surface area (Å²) in [7, 11) is -2.24. The SMILES string of the molecule is CN(CC(=O)Nc1cc(COC(=O)N(CCS(C)(=O)=O)COc2cccc(C(=O)N3CCC(CCCCNC(=O)/C=C/c4cccnc4)CC3)c2)ccc1O[C@@H]1OC[C@@H](O)[C@H](O)[C@H]1O)C(=O)CCN1C(=O)C=CC1=O.O=C=O. The summed E-state index contributed by atoms with van der Waals surface area (Å²) in [6.07, 6.45) is 6.92. The molecule has 0 radical (unpaired) electrons. The Balaban J connectivity index is 0.00000365. The van der Waals surface area contributed by atoms with Gasteiger partial charge < -0.3 is 54.7 Å². The van der Waals surface area contributed by atoms with Crippen molar-refractivity contribution in [1.82, 2.24) is 29.9 Å². The molecule has 0 aliphatic carbocycles. The van der Waals surface area contributed by atoms with Gasteiger partial charge in [0.05, 0.1) is 24.6 Å². The number of carbonyl (C=O) groups is 7. The summed E-state index contributed by atoms with van der Waals surface area (Å²) in [4.78, 5) is 114. The van der Waals surface area contributed by atoms with Crippen molar-refractivity contribution in [2.75, 3.05) is 77.0 Å². The van der Waals surface area contributed by atoms with E-state index in [4.69, 9.17) is 28.5 Å². The lowest BCUT2D eigenvalue weighted by Gasteiger charge is -2.35. The highest BCUT2D eigenvalue weighted by molar-refractivity contribution is 7.90. The summed E-state index contributed by atoms with van der Waals surface area (Å²) in [5.74, 6) is -2.64. The Bertz CT molecular complexity index is 2770. The van der Waals surface area contributed by atoms with Crippen molar-refractivity contribution in [1.29, 1.82) is 0 Å². The van der Waals surface area contributed by atoms with Crippen LogP contribution in [0.5, 0.6) is 11.5 Å². The Hall–Kier alpha value is -7.87. The highest BCUT2D eigenvalue weighted by Gasteiger charge is 2.39. The third kappa shape index (κ3) is 19.6. The molecule has 420 valence electrons. The molecule has 78 heavy (non-hydrogen) atoms. The third-order valence-electron chi connectivity index (χ3n) is 12.4. The molecule has 0 bridgehead atoms. The van der Waals surface area contributed by atoms with Gasteiger partial charge >= 0.3 is 12.2 Å². The van der Waals surface area contributed by atoms with E-state index in [2.05, 4.69) is 15.6 Å². The van der Waals surface area contributed by atoms with Gasteiger partial charge in [-0.2, -0.15) is 9.59 Å². The van der Waals surface area contributed by atoms with Gasteiger partial charge in [-0.25, -0.2) is 13.2 Å². The first-order valence-electron chi connectivity index (χ1n) is 24.7. The minimum Gasteiger partial charge on any atom is -0.473 e. The lowest BCUT2D eigenvalue weighted by atomic mass is 9.91. The first kappa shape index (κ1) is 61.0. The number of likely N-dealkylation sites (tertiary alicyclic amines) is 1. The number of hydrogen-bond acceptors (Lipinski definition) is 19. The maximum atomic E-state index is 13.6. The number of unbranched alkanes of at least 4 members (excludes halogenated alkanes) is 1. The average Bonchev–Trinajstić information content (AvgIpc) is 3.74. The van der Waals surface area contributed by atoms with Crippen LogP contribution in [0, 0.1) is 5.92 Å². The second-order valence-corrected chi connectivity index (χ2v) is 20.6. The number of aromatic nitrogens is 1. The van der Waals surface area contributed by atoms with Gasteiger partial charge in [-0.1, -0.05) is 31.0 Å². The van der Waals surface area contributed by atoms with Crippen LogP contribution >= 0.6 is 0 Å². The van der Waals surface area contributed by atoms with Crippen LogP contribution in [0.3, 0.4) is 0 Å². The molecule has 5 N–H and O–H groups in total. The standard InChI is InChI=1S/C51H63N7O16S.CO2/c1-55(44(62)19-24-58-45(63)15-16-46(58)64)30-43(61)54-39-27-36(11-13-41(39)74-50-48(66)47(65)40(59)32-71-50)31-72-51(68)57(25-26-75(2,69)70)33-73-38-10-5-9-37(28-38)49(67)56-22-17-34(18-23-56)7-3-4-21-53-42(60)14-12-35-8-6-20-52-29-35;2-1-3/h5-6,8-16,20,27-29,34,40,47-48,50,59,65-66H,3-4,7,17-19,21-26,30-33H2,1-2H3,(H,53,60)(H,54,61);/b14-12+;/t40-,47+,48-,50+;/m1./s1. The number of nitrogens with zero attached hydrogens (tertiary/aromatic N) is 5. The number of amides is 7. The van der Waals surface area contributed by atoms with Crippen molar-refractivity contribution in [3.63, 3.8) is 0 Å². The number of piperidine rings is 1. The smallest absolute Gasteiger partial charge is 0.412 e. The maximum absolute atomic E-state index is 13.6. The van der Waals surface area contributed by atoms with Gasteiger partial charge in [0.2, 0.25) is 24.0 Å². The van der Waals surface area contributed by atoms with E-state index >= 15 is 0 Å². The van der Waals surface area contributed by atoms with Crippen LogP contribution in [0.25, 0.3) is 6.08 Å². The van der Waals surface area contributed by atoms with E-state index in [9.17, 15) is 57.3 Å². The van der Waals surface area contributed by atoms with Gasteiger partial charge in [0.1, 0.15) is 46.3 Å². The maximum Gasteiger partial charge on any atom is 0.412 e. The minimum atomic E-state index is -3.57. The van der Waals surface area contributed by atoms with Crippen LogP contribution in [0.2, 0.25) is 0 Å². The number of anilines is 1. The summed E-state index contributed by atoms with van der Waals surface area (Å²) in [6.45, 7) is -0.618. The zero-order valence-electron chi connectivity index (χ0n) is 43.0. The molecular weight excluding hydrogens is 1040 g/mol. The van der Waals surface area contributed by atoms with Gasteiger partial charge in [0.15, 0.2) is 6.73 Å². The van der Waals surface area contributed by atoms with Crippen molar-refractivity contribution < 1.29 is 85.8 Å². The Morgan fingerprint density at radius 1 is 0.962 bits per heavy atom. The van der Waals surface area contributed by atoms with E-state index in [1.54, 1.807) is 53.7 Å². The van der Waals surface area contributed by atoms with Crippen LogP contribution in [0.15, 0.2) is 85.2 Å². The van der Waals surface area contributed by atoms with E-state index in [0.717, 1.165) is 70.8 Å². The summed E-state index contributed by atoms with van der Waals surface area (Å²) < 4.78 is 47.1. The number of rotatable bonds is 24. The van der Waals surface area contributed by atoms with Crippen LogP contribution < -0.4 is 20.1 Å². The molecule has 2 fully saturated rings. The molecule has 4 atom stereocenters. The molecule has 2 saturated heterocycles. The van der Waals surface area contributed by atoms with E-state index < -0.39 is 89.8 Å². The van der Waals surface area contributed by atoms with E-state index in [1.807, 2.05) is 6.07 Å². The lowest BCUT2D eigenvalue weighted by molar-refractivity contribution is -0.241. The molecule has 4 heterocycles. The summed E-state index contributed by atoms with van der Waals surface area (Å²) >= 11 is 0. The Kier molecular flexibility index (Phi) is 23.6. The number of aliphatic hydroxyl groups excluding tert-OH is 3. The molecule has 6 rings (SSSR count). The van der Waals surface area contributed by atoms with E-state index in [-0.39, 0.29) is 66.8 Å². The lowest BCUT2D eigenvalue weighted by Crippen LogP contribution is -2.54. The van der Waals surface area contributed by atoms with Gasteiger partial charge in [-0.05, 0) is 78.8 Å². The molecule has 26 heteroatoms. The fraction of sp³-hybridized carbons (Fsp3) is 0.442. The predicted molar refractivity (Wildman–Crippen MR) is 274 cm³/mol. The quantitative estimate of drug-likeness (QED) is 0.0360. The van der Waals surface area contributed by atoms with Gasteiger partial charge in [0.25, 0.3) is 17.7 Å². The van der Waals surface area contributed by atoms with E-state index in [1.165, 1.54) is 31.3 Å². The number of hydrogen-bond donors (Lipinski definition) is 5. The van der Waals surface area contributed by atoms with Gasteiger partial charge in [-0.15, -0.1) is 0 Å². The molecule has 0 saturated carbocycles. The van der Waals surface area contributed by atoms with Crippen molar-refractivity contribution in [3.05, 3.63) is 102 Å². The molecule has 0 spiro atoms. The van der Waals surface area contributed by atoms with Crippen LogP contribution in [-0.2, 0) is 59.5 Å². The number of pyridine rings is 1. The second kappa shape index (κ2) is 30.2. The molecule has 3 aliphatic heterocycles. The molecule has 1 aromatic heterocycles. The number of ether oxygens (including phenoxy) is 4. The van der Waals surface area contributed by atoms with Crippen LogP contribution in [0.1, 0.15) is 60.0 Å². The Labute approximate surface area is 449 Å². The number of likely N-dealkylation sites (N-methyl/N-ethyl adjacent to an activating group) is 1. The number of benzene rings is 2. The molecular formula is C52H63N7O18S. The zero-order valence-corrected chi connectivity index (χ0v) is 43.8. The van der Waals surface area contributed by atoms with Crippen molar-refractivity contribution in [3.8, 4) is 11.5 Å². The highest BCUT2D eigenvalue weighted by Crippen LogP contribution is 2.30. The Morgan fingerprint density at radius 3 is 2.38 bits per heavy atom. The molecule has 7 amide bonds. The van der Waals surface area contributed by atoms with Gasteiger partial charge in [-0.3, -0.25) is 43.6 Å². The topological polar surface area (TPSA) is 335 Å².